The fourth-order valence-corrected chi connectivity index (χ4v) is 20.6. The molecule has 12 aromatic rings. The van der Waals surface area contributed by atoms with Crippen molar-refractivity contribution in [3.63, 3.8) is 0 Å². The molecule has 20 nitrogen and oxygen atoms in total. The van der Waals surface area contributed by atoms with E-state index in [-0.39, 0.29) is 54.9 Å². The van der Waals surface area contributed by atoms with Crippen LogP contribution >= 0.6 is 0 Å². The number of methoxy groups -OCH3 is 2. The van der Waals surface area contributed by atoms with Crippen LogP contribution in [-0.2, 0) is 68.9 Å². The summed E-state index contributed by atoms with van der Waals surface area (Å²) in [5, 5.41) is 0. The lowest BCUT2D eigenvalue weighted by Gasteiger charge is -2.18. The second kappa shape index (κ2) is 31.0. The highest BCUT2D eigenvalue weighted by molar-refractivity contribution is 7.94. The van der Waals surface area contributed by atoms with Gasteiger partial charge >= 0.3 is 0 Å². The zero-order chi connectivity index (χ0) is 78.0. The van der Waals surface area contributed by atoms with E-state index in [1.807, 2.05) is 86.6 Å². The van der Waals surface area contributed by atoms with Crippen LogP contribution < -0.4 is 28.4 Å². The van der Waals surface area contributed by atoms with Crippen LogP contribution in [0, 0.1) is 13.8 Å². The highest BCUT2D eigenvalue weighted by atomic mass is 32.2. The Hall–Kier alpha value is -10.9. The van der Waals surface area contributed by atoms with Crippen LogP contribution in [0.25, 0.3) is 33.4 Å². The molecule has 0 saturated heterocycles. The lowest BCUT2D eigenvalue weighted by Crippen LogP contribution is -2.12. The molecule has 0 N–H and O–H groups in total. The van der Waals surface area contributed by atoms with Gasteiger partial charge in [0.2, 0.25) is 39.3 Å². The molecule has 109 heavy (non-hydrogen) atoms. The van der Waals surface area contributed by atoms with E-state index in [0.29, 0.717) is 22.6 Å². The Bertz CT molecular complexity index is 6320. The smallest absolute Gasteiger partial charge is 0.214 e. The summed E-state index contributed by atoms with van der Waals surface area (Å²) in [6, 6.07) is 63.8. The minimum absolute atomic E-state index is 0.00337. The Balaban J connectivity index is 0.864. The van der Waals surface area contributed by atoms with Gasteiger partial charge in [0.25, 0.3) is 0 Å². The fourth-order valence-electron chi connectivity index (χ4n) is 11.6. The van der Waals surface area contributed by atoms with Crippen LogP contribution in [0.15, 0.2) is 315 Å². The quantitative estimate of drug-likeness (QED) is 0.0462. The van der Waals surface area contributed by atoms with Crippen molar-refractivity contribution in [2.75, 3.05) is 31.5 Å². The molecule has 0 atom stereocenters. The third-order valence-electron chi connectivity index (χ3n) is 17.9. The zero-order valence-electron chi connectivity index (χ0n) is 59.5. The van der Waals surface area contributed by atoms with Gasteiger partial charge in [0.15, 0.2) is 29.5 Å². The maximum absolute atomic E-state index is 16.0. The number of rotatable bonds is 27. The van der Waals surface area contributed by atoms with Crippen LogP contribution in [0.1, 0.15) is 31.9 Å². The van der Waals surface area contributed by atoms with E-state index in [0.717, 1.165) is 112 Å². The van der Waals surface area contributed by atoms with Crippen molar-refractivity contribution in [1.29, 1.82) is 0 Å². The first-order valence-corrected chi connectivity index (χ1v) is 44.5. The molecule has 0 spiro atoms. The minimum Gasteiger partial charge on any atom is -0.495 e. The van der Waals surface area contributed by atoms with Gasteiger partial charge in [-0.25, -0.2) is 58.9 Å². The maximum atomic E-state index is 16.0. The van der Waals surface area contributed by atoms with Gasteiger partial charge in [0, 0.05) is 0 Å². The lowest BCUT2D eigenvalue weighted by atomic mass is 10.0. The average Bonchev–Trinajstić information content (AvgIpc) is 0.748. The topological polar surface area (TPSA) is 294 Å². The fraction of sp³-hybridized carbons (Fsp3) is 0.122. The van der Waals surface area contributed by atoms with E-state index in [1.54, 1.807) is 60.7 Å². The normalized spacial score (nSPS) is 12.2. The van der Waals surface area contributed by atoms with Crippen molar-refractivity contribution in [3.05, 3.63) is 272 Å². The lowest BCUT2D eigenvalue weighted by molar-refractivity contribution is 0.402. The maximum Gasteiger partial charge on any atom is 0.214 e. The van der Waals surface area contributed by atoms with Crippen LogP contribution in [0.2, 0.25) is 0 Å². The van der Waals surface area contributed by atoms with Crippen molar-refractivity contribution in [2.24, 2.45) is 0 Å². The first kappa shape index (κ1) is 77.7. The number of sulfone groups is 7. The minimum atomic E-state index is -5.33. The van der Waals surface area contributed by atoms with Gasteiger partial charge in [-0.15, -0.1) is 0 Å². The van der Waals surface area contributed by atoms with Crippen LogP contribution in [0.5, 0.6) is 57.5 Å². The van der Waals surface area contributed by atoms with Gasteiger partial charge < -0.3 is 28.4 Å². The van der Waals surface area contributed by atoms with E-state index in [4.69, 9.17) is 28.4 Å². The standard InChI is InChI=1S/C82H70O20S7/c1-8-103(83,84)78-49-69(39-44-73(78)97-6)107(91,92)71-42-47-76(101-65-31-21-59(22-32-65)57-17-13-55(5)14-18-57)81(52-71)109(95,96)82-53-72(108(93,94)70-40-45-74(98-7)79(50-70)104(85,86)9-2)43-48-77(82)102-66-33-25-61(26-34-66)60-23-29-64(30-24-60)100-75-46-41-68(51-80(75)105(87,88)10-3)106(89,90)67-37-35-63(36-38-67)99-62-27-19-58(20-28-62)56-15-11-54(4)12-16-56/h11-53H,8-10H2,1-7H3. The van der Waals surface area contributed by atoms with E-state index in [2.05, 4.69) is 0 Å². The van der Waals surface area contributed by atoms with E-state index in [1.165, 1.54) is 83.5 Å². The van der Waals surface area contributed by atoms with E-state index in [9.17, 15) is 50.5 Å². The molecule has 0 radical (unpaired) electrons. The summed E-state index contributed by atoms with van der Waals surface area (Å²) < 4.78 is 236. The van der Waals surface area contributed by atoms with Gasteiger partial charge in [-0.2, -0.15) is 0 Å². The Morgan fingerprint density at radius 1 is 0.220 bits per heavy atom. The molecule has 0 aromatic heterocycles. The van der Waals surface area contributed by atoms with Gasteiger partial charge in [-0.05, 0) is 211 Å². The molecular weight excluding hydrogens is 1530 g/mol. The van der Waals surface area contributed by atoms with Crippen molar-refractivity contribution in [2.45, 2.75) is 88.5 Å². The predicted octanol–water partition coefficient (Wildman–Crippen LogP) is 17.2. The molecule has 27 heteroatoms. The predicted molar refractivity (Wildman–Crippen MR) is 412 cm³/mol. The molecule has 0 fully saturated rings. The summed E-state index contributed by atoms with van der Waals surface area (Å²) >= 11 is 0. The molecule has 0 amide bonds. The third-order valence-corrected chi connectivity index (χ3v) is 30.2. The second-order valence-corrected chi connectivity index (χ2v) is 39.4. The van der Waals surface area contributed by atoms with Crippen molar-refractivity contribution in [3.8, 4) is 90.9 Å². The molecule has 0 unspecified atom stereocenters. The molecular formula is C82H70O20S7. The first-order chi connectivity index (χ1) is 51.8. The molecule has 0 bridgehead atoms. The van der Waals surface area contributed by atoms with Crippen molar-refractivity contribution < 1.29 is 87.3 Å². The summed E-state index contributed by atoms with van der Waals surface area (Å²) in [6.45, 7) is 8.08. The molecule has 0 aliphatic rings. The van der Waals surface area contributed by atoms with E-state index < -0.39 is 131 Å². The molecule has 0 saturated carbocycles. The second-order valence-electron chi connectivity index (χ2n) is 24.9. The summed E-state index contributed by atoms with van der Waals surface area (Å²) in [4.78, 5) is -5.83. The molecule has 560 valence electrons. The molecule has 0 aliphatic carbocycles. The number of ether oxygens (including phenoxy) is 6. The average molecular weight is 1600 g/mol. The Labute approximate surface area is 634 Å². The largest absolute Gasteiger partial charge is 0.495 e. The summed E-state index contributed by atoms with van der Waals surface area (Å²) in [5.41, 5.74) is 6.97. The Morgan fingerprint density at radius 3 is 0.688 bits per heavy atom. The van der Waals surface area contributed by atoms with Crippen LogP contribution in [-0.4, -0.2) is 90.4 Å². The third kappa shape index (κ3) is 16.4. The van der Waals surface area contributed by atoms with Gasteiger partial charge in [-0.3, -0.25) is 0 Å². The first-order valence-electron chi connectivity index (χ1n) is 33.6. The molecule has 12 rings (SSSR count). The Kier molecular flexibility index (Phi) is 22.1. The summed E-state index contributed by atoms with van der Waals surface area (Å²) in [6.07, 6.45) is 0. The molecule has 12 aromatic carbocycles. The highest BCUT2D eigenvalue weighted by Gasteiger charge is 2.35. The zero-order valence-corrected chi connectivity index (χ0v) is 65.2. The van der Waals surface area contributed by atoms with Gasteiger partial charge in [0.05, 0.1) is 60.9 Å². The summed E-state index contributed by atoms with van der Waals surface area (Å²) in [7, 11) is -29.3. The van der Waals surface area contributed by atoms with Crippen molar-refractivity contribution in [1.82, 2.24) is 0 Å². The number of benzene rings is 12. The highest BCUT2D eigenvalue weighted by Crippen LogP contribution is 2.44. The molecule has 0 aliphatic heterocycles. The Morgan fingerprint density at radius 2 is 0.422 bits per heavy atom. The number of aryl methyl sites for hydroxylation is 2. The summed E-state index contributed by atoms with van der Waals surface area (Å²) in [5.74, 6) is -1.50. The SMILES string of the molecule is CCS(=O)(=O)c1cc(S(=O)(=O)c2ccc(Oc3ccc(-c4ccc(C)cc4)cc3)c(S(=O)(=O)c3cc(S(=O)(=O)c4ccc(OC)c(S(=O)(=O)CC)c4)ccc3Oc3ccc(-c4ccc(Oc5ccc(S(=O)(=O)c6ccc(Oc7ccc(-c8ccc(C)cc8)cc7)cc6)cc5S(=O)(=O)CC)cc4)cc3)c2)ccc1OC. The van der Waals surface area contributed by atoms with Gasteiger partial charge in [0.1, 0.15) is 82.0 Å². The van der Waals surface area contributed by atoms with Crippen LogP contribution in [0.3, 0.4) is 0 Å². The monoisotopic (exact) mass is 1600 g/mol. The van der Waals surface area contributed by atoms with Crippen molar-refractivity contribution >= 4 is 68.9 Å². The molecule has 0 heterocycles. The van der Waals surface area contributed by atoms with E-state index >= 15 is 8.42 Å². The number of hydrogen-bond donors (Lipinski definition) is 0. The van der Waals surface area contributed by atoms with Gasteiger partial charge in [-0.1, -0.05) is 129 Å². The van der Waals surface area contributed by atoms with Crippen LogP contribution in [0.4, 0.5) is 0 Å². The number of hydrogen-bond acceptors (Lipinski definition) is 20.